The van der Waals surface area contributed by atoms with Gasteiger partial charge in [0.2, 0.25) is 0 Å². The molecular weight excluding hydrogens is 267 g/mol. The molecule has 0 spiro atoms. The van der Waals surface area contributed by atoms with E-state index in [4.69, 9.17) is 0 Å². The van der Waals surface area contributed by atoms with Gasteiger partial charge in [-0.05, 0) is 0 Å². The Morgan fingerprint density at radius 2 is 1.06 bits per heavy atom. The summed E-state index contributed by atoms with van der Waals surface area (Å²) >= 11 is 0. The maximum atomic E-state index is 2.20. The first-order valence-corrected chi connectivity index (χ1v) is 5.71. The Bertz CT molecular complexity index is 281. The van der Waals surface area contributed by atoms with Gasteiger partial charge in [0, 0.05) is 5.56 Å². The first-order valence-electron chi connectivity index (χ1n) is 5.71. The molecule has 0 aliphatic rings. The summed E-state index contributed by atoms with van der Waals surface area (Å²) in [6.45, 7) is 1.10. The van der Waals surface area contributed by atoms with Crippen molar-refractivity contribution in [1.82, 2.24) is 0 Å². The molecule has 0 heterocycles. The van der Waals surface area contributed by atoms with Gasteiger partial charge in [0.1, 0.15) is 6.54 Å². The summed E-state index contributed by atoms with van der Waals surface area (Å²) in [4.78, 5) is 0. The van der Waals surface area contributed by atoms with Crippen molar-refractivity contribution >= 4 is 0 Å². The van der Waals surface area contributed by atoms with E-state index in [2.05, 4.69) is 79.7 Å². The summed E-state index contributed by atoms with van der Waals surface area (Å²) in [6, 6.07) is 10.6. The molecule has 1 aromatic rings. The van der Waals surface area contributed by atoms with E-state index in [0.29, 0.717) is 0 Å². The number of hydrogen-bond donors (Lipinski definition) is 0. The monoisotopic (exact) mass is 294 g/mol. The summed E-state index contributed by atoms with van der Waals surface area (Å²) in [5, 5.41) is 0. The molecule has 0 amide bonds. The Kier molecular flexibility index (Phi) is 12.2. The van der Waals surface area contributed by atoms with Gasteiger partial charge in [-0.25, -0.2) is 0 Å². The van der Waals surface area contributed by atoms with Crippen LogP contribution in [0.1, 0.15) is 5.56 Å². The molecule has 0 aliphatic carbocycles. The lowest BCUT2D eigenvalue weighted by Gasteiger charge is -2.23. The van der Waals surface area contributed by atoms with Crippen molar-refractivity contribution in [2.45, 2.75) is 6.54 Å². The van der Waals surface area contributed by atoms with Crippen molar-refractivity contribution in [2.75, 3.05) is 49.3 Å². The minimum atomic E-state index is 0. The predicted molar refractivity (Wildman–Crippen MR) is 72.1 cm³/mol. The molecule has 0 aromatic heterocycles. The molecule has 18 heavy (non-hydrogen) atoms. The quantitative estimate of drug-likeness (QED) is 0.492. The molecule has 0 saturated heterocycles. The van der Waals surface area contributed by atoms with Crippen LogP contribution in [0.3, 0.4) is 0 Å². The largest absolute Gasteiger partial charge is 1.00 e. The maximum absolute atomic E-state index is 2.20. The minimum Gasteiger partial charge on any atom is -1.00 e. The molecule has 0 saturated carbocycles. The fraction of sp³-hybridized carbons (Fsp3) is 0.571. The molecule has 0 atom stereocenters. The first kappa shape index (κ1) is 22.9. The highest BCUT2D eigenvalue weighted by atomic mass is 35.5. The zero-order chi connectivity index (χ0) is 12.8. The molecule has 0 aliphatic heterocycles. The number of nitrogens with zero attached hydrogens (tertiary/aromatic N) is 2. The van der Waals surface area contributed by atoms with Gasteiger partial charge in [-0.15, -0.1) is 0 Å². The number of rotatable bonds is 2. The van der Waals surface area contributed by atoms with E-state index in [9.17, 15) is 0 Å². The van der Waals surface area contributed by atoms with E-state index in [0.717, 1.165) is 15.5 Å². The van der Waals surface area contributed by atoms with E-state index < -0.39 is 0 Å². The average Bonchev–Trinajstić information content (AvgIpc) is 1.99. The van der Waals surface area contributed by atoms with E-state index >= 15 is 0 Å². The Balaban J connectivity index is -0.000000282. The molecule has 1 rings (SSSR count). The first-order chi connectivity index (χ1) is 7.08. The Morgan fingerprint density at radius 1 is 0.722 bits per heavy atom. The van der Waals surface area contributed by atoms with E-state index in [-0.39, 0.29) is 24.8 Å². The third-order valence-corrected chi connectivity index (χ3v) is 1.50. The molecule has 0 bridgehead atoms. The van der Waals surface area contributed by atoms with Crippen LogP contribution in [-0.2, 0) is 6.54 Å². The maximum Gasteiger partial charge on any atom is 0.104 e. The van der Waals surface area contributed by atoms with Crippen LogP contribution < -0.4 is 24.8 Å². The highest BCUT2D eigenvalue weighted by Crippen LogP contribution is 2.05. The van der Waals surface area contributed by atoms with Gasteiger partial charge in [-0.3, -0.25) is 0 Å². The summed E-state index contributed by atoms with van der Waals surface area (Å²) in [7, 11) is 15.1. The molecule has 0 radical (unpaired) electrons. The normalized spacial score (nSPS) is 10.4. The van der Waals surface area contributed by atoms with Crippen molar-refractivity contribution in [2.24, 2.45) is 0 Å². The molecule has 0 N–H and O–H groups in total. The van der Waals surface area contributed by atoms with Gasteiger partial charge >= 0.3 is 0 Å². The number of halogens is 2. The third kappa shape index (κ3) is 21.1. The highest BCUT2D eigenvalue weighted by molar-refractivity contribution is 5.13. The van der Waals surface area contributed by atoms with Gasteiger partial charge in [0.25, 0.3) is 0 Å². The van der Waals surface area contributed by atoms with Crippen LogP contribution in [0.25, 0.3) is 0 Å². The SMILES string of the molecule is C[N+](C)(C)C.C[N+](C)(C)Cc1ccccc1.[Cl-].[Cl-]. The van der Waals surface area contributed by atoms with Crippen molar-refractivity contribution in [1.29, 1.82) is 0 Å². The van der Waals surface area contributed by atoms with Gasteiger partial charge in [-0.2, -0.15) is 0 Å². The van der Waals surface area contributed by atoms with Gasteiger partial charge < -0.3 is 33.8 Å². The second-order valence-corrected chi connectivity index (χ2v) is 6.62. The smallest absolute Gasteiger partial charge is 0.104 e. The molecule has 0 fully saturated rings. The van der Waals surface area contributed by atoms with Crippen LogP contribution in [0.5, 0.6) is 0 Å². The molecule has 2 nitrogen and oxygen atoms in total. The van der Waals surface area contributed by atoms with Gasteiger partial charge in [0.15, 0.2) is 0 Å². The van der Waals surface area contributed by atoms with E-state index in [1.165, 1.54) is 5.56 Å². The predicted octanol–water partition coefficient (Wildman–Crippen LogP) is -3.78. The Morgan fingerprint density at radius 3 is 1.33 bits per heavy atom. The Hall–Kier alpha value is -0.280. The van der Waals surface area contributed by atoms with Gasteiger partial charge in [0.05, 0.1) is 49.3 Å². The third-order valence-electron chi connectivity index (χ3n) is 1.50. The van der Waals surface area contributed by atoms with Crippen LogP contribution in [0.2, 0.25) is 0 Å². The summed E-state index contributed by atoms with van der Waals surface area (Å²) < 4.78 is 1.99. The molecule has 1 aromatic carbocycles. The zero-order valence-electron chi connectivity index (χ0n) is 12.7. The summed E-state index contributed by atoms with van der Waals surface area (Å²) in [5.41, 5.74) is 1.40. The van der Waals surface area contributed by atoms with E-state index in [1.807, 2.05) is 0 Å². The van der Waals surface area contributed by atoms with Crippen LogP contribution in [-0.4, -0.2) is 58.3 Å². The second-order valence-electron chi connectivity index (χ2n) is 6.62. The number of quaternary nitrogens is 2. The molecule has 108 valence electrons. The zero-order valence-corrected chi connectivity index (χ0v) is 14.3. The highest BCUT2D eigenvalue weighted by Gasteiger charge is 2.06. The minimum absolute atomic E-state index is 0. The molecular formula is C14H28Cl2N2. The fourth-order valence-electron chi connectivity index (χ4n) is 1.13. The lowest BCUT2D eigenvalue weighted by Crippen LogP contribution is -3.00. The number of benzene rings is 1. The van der Waals surface area contributed by atoms with E-state index in [1.54, 1.807) is 0 Å². The van der Waals surface area contributed by atoms with Crippen LogP contribution in [0.15, 0.2) is 30.3 Å². The molecule has 0 unspecified atom stereocenters. The fourth-order valence-corrected chi connectivity index (χ4v) is 1.13. The lowest BCUT2D eigenvalue weighted by atomic mass is 10.2. The molecule has 4 heteroatoms. The summed E-state index contributed by atoms with van der Waals surface area (Å²) in [5.74, 6) is 0. The topological polar surface area (TPSA) is 0 Å². The Labute approximate surface area is 126 Å². The van der Waals surface area contributed by atoms with Crippen molar-refractivity contribution in [3.8, 4) is 0 Å². The van der Waals surface area contributed by atoms with Crippen LogP contribution >= 0.6 is 0 Å². The average molecular weight is 295 g/mol. The van der Waals surface area contributed by atoms with Crippen molar-refractivity contribution in [3.63, 3.8) is 0 Å². The van der Waals surface area contributed by atoms with Crippen LogP contribution in [0.4, 0.5) is 0 Å². The van der Waals surface area contributed by atoms with Gasteiger partial charge in [-0.1, -0.05) is 30.3 Å². The van der Waals surface area contributed by atoms with Crippen molar-refractivity contribution < 1.29 is 33.8 Å². The lowest BCUT2D eigenvalue weighted by molar-refractivity contribution is -0.884. The summed E-state index contributed by atoms with van der Waals surface area (Å²) in [6.07, 6.45) is 0. The second kappa shape index (κ2) is 9.62. The number of hydrogen-bond acceptors (Lipinski definition) is 0. The van der Waals surface area contributed by atoms with Crippen molar-refractivity contribution in [3.05, 3.63) is 35.9 Å². The van der Waals surface area contributed by atoms with Crippen LogP contribution in [0, 0.1) is 0 Å². The standard InChI is InChI=1S/C10H16N.C4H12N.2ClH/c1-11(2,3)9-10-7-5-4-6-8-10;1-5(2,3)4;;/h4-8H,9H2,1-3H3;1-4H3;2*1H/q2*+1;;/p-2.